The number of benzene rings is 1. The fourth-order valence-corrected chi connectivity index (χ4v) is 5.10. The normalized spacial score (nSPS) is 22.3. The minimum absolute atomic E-state index is 0.0436. The lowest BCUT2D eigenvalue weighted by atomic mass is 9.82. The molecule has 5 rings (SSSR count). The second-order valence-corrected chi connectivity index (χ2v) is 8.03. The number of carboxylic acids is 1. The first-order chi connectivity index (χ1) is 13.8. The first kappa shape index (κ1) is 17.9. The summed E-state index contributed by atoms with van der Waals surface area (Å²) in [4.78, 5) is 25.8. The second kappa shape index (κ2) is 5.90. The standard InChI is InChI=1S/C22H21N3O4/c1-11(26)18-17-10-14(19(22(28)29)25(17)21(18)27)12-6-7-16-15(9-12)13-5-4-8-23(2)20(13)24(16)3/h4-9,11,17-18,26H,10H2,1-3H3/p+1/t11-,17-,18-/m1/s1. The summed E-state index contributed by atoms with van der Waals surface area (Å²) in [6, 6.07) is 9.70. The summed E-state index contributed by atoms with van der Waals surface area (Å²) >= 11 is 0. The Morgan fingerprint density at radius 3 is 2.72 bits per heavy atom. The van der Waals surface area contributed by atoms with Crippen LogP contribution in [0.1, 0.15) is 18.9 Å². The number of aryl methyl sites for hydroxylation is 2. The SMILES string of the molecule is C[C@@H](O)[C@H]1C(=O)N2C(C(=O)O)=C(c3ccc4c(c3)c3ccc[n+](C)c3n4C)C[C@H]12. The molecule has 0 aliphatic carbocycles. The van der Waals surface area contributed by atoms with Crippen LogP contribution in [0.3, 0.4) is 0 Å². The van der Waals surface area contributed by atoms with Crippen molar-refractivity contribution < 1.29 is 24.4 Å². The van der Waals surface area contributed by atoms with E-state index in [2.05, 4.69) is 15.2 Å². The number of fused-ring (bicyclic) bond motifs is 4. The van der Waals surface area contributed by atoms with Crippen LogP contribution in [-0.2, 0) is 23.7 Å². The third kappa shape index (κ3) is 2.25. The number of hydrogen-bond donors (Lipinski definition) is 2. The monoisotopic (exact) mass is 392 g/mol. The maximum absolute atomic E-state index is 12.5. The average molecular weight is 392 g/mol. The van der Waals surface area contributed by atoms with Crippen LogP contribution in [0.5, 0.6) is 0 Å². The van der Waals surface area contributed by atoms with Gasteiger partial charge in [0.05, 0.1) is 43.7 Å². The van der Waals surface area contributed by atoms with Gasteiger partial charge in [-0.3, -0.25) is 4.79 Å². The topological polar surface area (TPSA) is 86.7 Å². The minimum Gasteiger partial charge on any atom is -0.477 e. The van der Waals surface area contributed by atoms with Gasteiger partial charge in [-0.2, -0.15) is 0 Å². The molecular formula is C22H22N3O4+. The number of aliphatic hydroxyl groups is 1. The maximum Gasteiger partial charge on any atom is 0.352 e. The minimum atomic E-state index is -1.11. The van der Waals surface area contributed by atoms with Gasteiger partial charge in [-0.05, 0) is 48.7 Å². The van der Waals surface area contributed by atoms with Crippen molar-refractivity contribution in [3.8, 4) is 0 Å². The largest absolute Gasteiger partial charge is 0.477 e. The molecule has 7 nitrogen and oxygen atoms in total. The van der Waals surface area contributed by atoms with E-state index in [0.717, 1.165) is 27.5 Å². The number of amides is 1. The van der Waals surface area contributed by atoms with E-state index in [1.54, 1.807) is 6.92 Å². The lowest BCUT2D eigenvalue weighted by Crippen LogP contribution is -2.61. The Labute approximate surface area is 167 Å². The zero-order valence-electron chi connectivity index (χ0n) is 16.5. The first-order valence-corrected chi connectivity index (χ1v) is 9.66. The van der Waals surface area contributed by atoms with Gasteiger partial charge in [0, 0.05) is 5.39 Å². The van der Waals surface area contributed by atoms with Crippen LogP contribution in [0.25, 0.3) is 27.5 Å². The number of carboxylic acid groups (broad SMARTS) is 1. The molecule has 1 amide bonds. The van der Waals surface area contributed by atoms with Crippen molar-refractivity contribution in [3.63, 3.8) is 0 Å². The Morgan fingerprint density at radius 2 is 2.03 bits per heavy atom. The van der Waals surface area contributed by atoms with E-state index in [0.29, 0.717) is 12.0 Å². The molecule has 0 spiro atoms. The summed E-state index contributed by atoms with van der Waals surface area (Å²) in [7, 11) is 4.01. The molecule has 3 aromatic rings. The molecule has 2 aliphatic heterocycles. The lowest BCUT2D eigenvalue weighted by molar-refractivity contribution is -0.647. The molecule has 4 heterocycles. The highest BCUT2D eigenvalue weighted by Crippen LogP contribution is 2.47. The van der Waals surface area contributed by atoms with Crippen molar-refractivity contribution in [2.75, 3.05) is 0 Å². The second-order valence-electron chi connectivity index (χ2n) is 8.03. The number of pyridine rings is 1. The molecule has 2 aromatic heterocycles. The van der Waals surface area contributed by atoms with Gasteiger partial charge in [-0.1, -0.05) is 6.07 Å². The van der Waals surface area contributed by atoms with Gasteiger partial charge in [-0.15, -0.1) is 0 Å². The number of aromatic nitrogens is 2. The van der Waals surface area contributed by atoms with Crippen molar-refractivity contribution in [2.24, 2.45) is 20.0 Å². The van der Waals surface area contributed by atoms with E-state index >= 15 is 0 Å². The van der Waals surface area contributed by atoms with Gasteiger partial charge in [0.2, 0.25) is 5.91 Å². The highest BCUT2D eigenvalue weighted by atomic mass is 16.4. The summed E-state index contributed by atoms with van der Waals surface area (Å²) in [5, 5.41) is 21.9. The van der Waals surface area contributed by atoms with E-state index in [4.69, 9.17) is 0 Å². The van der Waals surface area contributed by atoms with Gasteiger partial charge in [0.15, 0.2) is 0 Å². The summed E-state index contributed by atoms with van der Waals surface area (Å²) < 4.78 is 4.18. The zero-order chi connectivity index (χ0) is 20.6. The molecule has 3 atom stereocenters. The number of aliphatic carboxylic acids is 1. The van der Waals surface area contributed by atoms with Gasteiger partial charge in [0.25, 0.3) is 5.65 Å². The Morgan fingerprint density at radius 1 is 1.28 bits per heavy atom. The van der Waals surface area contributed by atoms with Crippen LogP contribution in [0.4, 0.5) is 0 Å². The molecule has 29 heavy (non-hydrogen) atoms. The number of nitrogens with zero attached hydrogens (tertiary/aromatic N) is 3. The number of carbonyl (C=O) groups excluding carboxylic acids is 1. The summed E-state index contributed by atoms with van der Waals surface area (Å²) in [5.74, 6) is -1.96. The van der Waals surface area contributed by atoms with Crippen molar-refractivity contribution >= 4 is 39.4 Å². The number of rotatable bonds is 3. The van der Waals surface area contributed by atoms with Gasteiger partial charge < -0.3 is 15.1 Å². The number of hydrogen-bond acceptors (Lipinski definition) is 3. The summed E-state index contributed by atoms with van der Waals surface area (Å²) in [6.07, 6.45) is 1.64. The third-order valence-corrected chi connectivity index (χ3v) is 6.39. The molecule has 1 saturated heterocycles. The Hall–Kier alpha value is -3.19. The summed E-state index contributed by atoms with van der Waals surface area (Å²) in [6.45, 7) is 1.58. The predicted octanol–water partition coefficient (Wildman–Crippen LogP) is 1.56. The van der Waals surface area contributed by atoms with Gasteiger partial charge in [0.1, 0.15) is 11.2 Å². The third-order valence-electron chi connectivity index (χ3n) is 6.39. The van der Waals surface area contributed by atoms with Crippen molar-refractivity contribution in [1.82, 2.24) is 9.47 Å². The van der Waals surface area contributed by atoms with Crippen molar-refractivity contribution in [3.05, 3.63) is 47.8 Å². The Balaban J connectivity index is 1.70. The molecule has 7 heteroatoms. The first-order valence-electron chi connectivity index (χ1n) is 9.66. The van der Waals surface area contributed by atoms with E-state index < -0.39 is 18.0 Å². The molecule has 0 radical (unpaired) electrons. The van der Waals surface area contributed by atoms with Crippen molar-refractivity contribution in [1.29, 1.82) is 0 Å². The van der Waals surface area contributed by atoms with Crippen LogP contribution in [-0.4, -0.2) is 43.7 Å². The van der Waals surface area contributed by atoms with Gasteiger partial charge >= 0.3 is 5.97 Å². The highest BCUT2D eigenvalue weighted by Gasteiger charge is 2.56. The molecule has 1 aromatic carbocycles. The zero-order valence-corrected chi connectivity index (χ0v) is 16.5. The fraction of sp³-hybridized carbons (Fsp3) is 0.318. The molecule has 1 fully saturated rings. The Kier molecular flexibility index (Phi) is 3.64. The van der Waals surface area contributed by atoms with E-state index in [1.807, 2.05) is 44.6 Å². The number of carbonyl (C=O) groups is 2. The van der Waals surface area contributed by atoms with E-state index in [-0.39, 0.29) is 17.6 Å². The fourth-order valence-electron chi connectivity index (χ4n) is 5.10. The average Bonchev–Trinajstić information content (AvgIpc) is 3.15. The smallest absolute Gasteiger partial charge is 0.352 e. The van der Waals surface area contributed by atoms with Crippen molar-refractivity contribution in [2.45, 2.75) is 25.5 Å². The Bertz CT molecular complexity index is 1250. The summed E-state index contributed by atoms with van der Waals surface area (Å²) in [5.41, 5.74) is 3.63. The molecule has 0 unspecified atom stereocenters. The molecule has 148 valence electrons. The van der Waals surface area contributed by atoms with E-state index in [9.17, 15) is 19.8 Å². The lowest BCUT2D eigenvalue weighted by Gasteiger charge is -2.44. The molecular weight excluding hydrogens is 370 g/mol. The van der Waals surface area contributed by atoms with Gasteiger partial charge in [-0.25, -0.2) is 13.9 Å². The molecule has 2 aliphatic rings. The number of β-lactam (4-membered cyclic amide) rings is 1. The predicted molar refractivity (Wildman–Crippen MR) is 107 cm³/mol. The van der Waals surface area contributed by atoms with Crippen LogP contribution in [0, 0.1) is 5.92 Å². The quantitative estimate of drug-likeness (QED) is 0.523. The molecule has 0 bridgehead atoms. The molecule has 0 saturated carbocycles. The van der Waals surface area contributed by atoms with Crippen LogP contribution >= 0.6 is 0 Å². The van der Waals surface area contributed by atoms with Crippen LogP contribution in [0.2, 0.25) is 0 Å². The van der Waals surface area contributed by atoms with Crippen LogP contribution in [0.15, 0.2) is 42.2 Å². The van der Waals surface area contributed by atoms with Crippen LogP contribution < -0.4 is 4.57 Å². The number of aliphatic hydroxyl groups excluding tert-OH is 1. The molecule has 2 N–H and O–H groups in total. The van der Waals surface area contributed by atoms with E-state index in [1.165, 1.54) is 4.90 Å². The highest BCUT2D eigenvalue weighted by molar-refractivity contribution is 6.09. The maximum atomic E-state index is 12.5.